The second-order valence-electron chi connectivity index (χ2n) is 5.77. The van der Waals surface area contributed by atoms with Gasteiger partial charge in [0, 0.05) is 27.2 Å². The molecular weight excluding hydrogens is 274 g/mol. The van der Waals surface area contributed by atoms with Crippen molar-refractivity contribution in [3.8, 4) is 0 Å². The van der Waals surface area contributed by atoms with Gasteiger partial charge in [-0.25, -0.2) is 4.79 Å². The smallest absolute Gasteiger partial charge is 0.317 e. The lowest BCUT2D eigenvalue weighted by atomic mass is 9.75. The predicted molar refractivity (Wildman–Crippen MR) is 77.9 cm³/mol. The first-order chi connectivity index (χ1) is 9.82. The van der Waals surface area contributed by atoms with Crippen LogP contribution in [0.1, 0.15) is 32.6 Å². The Hall–Kier alpha value is -1.79. The Morgan fingerprint density at radius 2 is 1.81 bits per heavy atom. The summed E-state index contributed by atoms with van der Waals surface area (Å²) >= 11 is 0. The second kappa shape index (κ2) is 7.28. The number of carbonyl (C=O) groups excluding carboxylic acids is 2. The fraction of sp³-hybridized carbons (Fsp3) is 0.786. The maximum atomic E-state index is 12.0. The van der Waals surface area contributed by atoms with Crippen molar-refractivity contribution < 1.29 is 19.5 Å². The van der Waals surface area contributed by atoms with Crippen molar-refractivity contribution in [1.82, 2.24) is 15.1 Å². The normalized spacial score (nSPS) is 17.2. The van der Waals surface area contributed by atoms with E-state index < -0.39 is 11.4 Å². The zero-order valence-electron chi connectivity index (χ0n) is 13.0. The van der Waals surface area contributed by atoms with Gasteiger partial charge in [0.2, 0.25) is 5.91 Å². The van der Waals surface area contributed by atoms with Gasteiger partial charge in [-0.2, -0.15) is 0 Å². The largest absolute Gasteiger partial charge is 0.481 e. The molecule has 1 fully saturated rings. The van der Waals surface area contributed by atoms with Crippen LogP contribution in [0, 0.1) is 5.41 Å². The molecule has 1 rings (SSSR count). The number of hydrogen-bond donors (Lipinski definition) is 2. The Kier molecular flexibility index (Phi) is 5.99. The topological polar surface area (TPSA) is 90.0 Å². The van der Waals surface area contributed by atoms with E-state index in [9.17, 15) is 19.5 Å². The van der Waals surface area contributed by atoms with Gasteiger partial charge in [0.15, 0.2) is 0 Å². The summed E-state index contributed by atoms with van der Waals surface area (Å²) in [6.07, 6.45) is 2.41. The molecule has 7 nitrogen and oxygen atoms in total. The van der Waals surface area contributed by atoms with Crippen molar-refractivity contribution in [2.45, 2.75) is 32.6 Å². The van der Waals surface area contributed by atoms with Crippen LogP contribution >= 0.6 is 0 Å². The summed E-state index contributed by atoms with van der Waals surface area (Å²) in [6, 6.07) is -0.314. The Morgan fingerprint density at radius 3 is 2.24 bits per heavy atom. The number of amides is 3. The summed E-state index contributed by atoms with van der Waals surface area (Å²) in [4.78, 5) is 37.8. The fourth-order valence-corrected chi connectivity index (χ4v) is 2.65. The lowest BCUT2D eigenvalue weighted by molar-refractivity contribution is -0.154. The van der Waals surface area contributed by atoms with Gasteiger partial charge in [0.05, 0.1) is 12.0 Å². The summed E-state index contributed by atoms with van der Waals surface area (Å²) in [5, 5.41) is 11.9. The fourth-order valence-electron chi connectivity index (χ4n) is 2.65. The maximum Gasteiger partial charge on any atom is 0.317 e. The highest BCUT2D eigenvalue weighted by Gasteiger charge is 2.41. The molecule has 1 saturated heterocycles. The molecule has 0 aliphatic carbocycles. The lowest BCUT2D eigenvalue weighted by Crippen LogP contribution is -2.49. The van der Waals surface area contributed by atoms with Gasteiger partial charge in [0.25, 0.3) is 0 Å². The molecule has 0 bridgehead atoms. The number of carboxylic acids is 1. The van der Waals surface area contributed by atoms with Crippen LogP contribution in [-0.4, -0.2) is 66.5 Å². The van der Waals surface area contributed by atoms with Gasteiger partial charge in [-0.1, -0.05) is 13.3 Å². The number of likely N-dealkylation sites (tertiary alicyclic amines) is 1. The van der Waals surface area contributed by atoms with Crippen LogP contribution in [0.3, 0.4) is 0 Å². The molecule has 1 aliphatic heterocycles. The van der Waals surface area contributed by atoms with Gasteiger partial charge < -0.3 is 20.2 Å². The number of nitrogens with one attached hydrogen (secondary N) is 1. The zero-order valence-corrected chi connectivity index (χ0v) is 13.0. The van der Waals surface area contributed by atoms with Crippen molar-refractivity contribution in [2.75, 3.05) is 33.7 Å². The molecular formula is C14H25N3O4. The summed E-state index contributed by atoms with van der Waals surface area (Å²) < 4.78 is 0. The highest BCUT2D eigenvalue weighted by Crippen LogP contribution is 2.36. The molecule has 1 heterocycles. The number of hydrogen-bond acceptors (Lipinski definition) is 3. The van der Waals surface area contributed by atoms with E-state index in [1.165, 1.54) is 4.90 Å². The molecule has 3 amide bonds. The monoisotopic (exact) mass is 299 g/mol. The average Bonchev–Trinajstić information content (AvgIpc) is 2.45. The van der Waals surface area contributed by atoms with E-state index in [-0.39, 0.29) is 18.5 Å². The minimum Gasteiger partial charge on any atom is -0.481 e. The maximum absolute atomic E-state index is 12.0. The van der Waals surface area contributed by atoms with E-state index in [2.05, 4.69) is 5.32 Å². The first-order valence-corrected chi connectivity index (χ1v) is 7.28. The van der Waals surface area contributed by atoms with Crippen LogP contribution in [0.5, 0.6) is 0 Å². The van der Waals surface area contributed by atoms with Gasteiger partial charge in [-0.3, -0.25) is 9.59 Å². The van der Waals surface area contributed by atoms with E-state index in [0.29, 0.717) is 32.4 Å². The van der Waals surface area contributed by atoms with Gasteiger partial charge in [-0.05, 0) is 19.3 Å². The number of piperidine rings is 1. The van der Waals surface area contributed by atoms with Gasteiger partial charge in [-0.15, -0.1) is 0 Å². The number of carbonyl (C=O) groups is 3. The second-order valence-corrected chi connectivity index (χ2v) is 5.77. The highest BCUT2D eigenvalue weighted by atomic mass is 16.4. The molecule has 0 aromatic heterocycles. The Bertz CT molecular complexity index is 401. The molecule has 1 aliphatic rings. The highest BCUT2D eigenvalue weighted by molar-refractivity contribution is 5.84. The van der Waals surface area contributed by atoms with E-state index in [1.54, 1.807) is 19.0 Å². The van der Waals surface area contributed by atoms with Crippen molar-refractivity contribution in [1.29, 1.82) is 0 Å². The summed E-state index contributed by atoms with van der Waals surface area (Å²) in [5.41, 5.74) is -0.696. The van der Waals surface area contributed by atoms with Crippen LogP contribution in [0.25, 0.3) is 0 Å². The number of aliphatic carboxylic acids is 1. The Balaban J connectivity index is 2.50. The molecule has 0 radical (unpaired) electrons. The third-order valence-electron chi connectivity index (χ3n) is 4.05. The molecule has 7 heteroatoms. The van der Waals surface area contributed by atoms with E-state index >= 15 is 0 Å². The molecule has 0 atom stereocenters. The number of rotatable bonds is 5. The Morgan fingerprint density at radius 1 is 1.24 bits per heavy atom. The predicted octanol–water partition coefficient (Wildman–Crippen LogP) is 0.751. The van der Waals surface area contributed by atoms with Crippen LogP contribution in [0.2, 0.25) is 0 Å². The molecule has 0 saturated carbocycles. The summed E-state index contributed by atoms with van der Waals surface area (Å²) in [5.74, 6) is -0.932. The zero-order chi connectivity index (χ0) is 16.0. The quantitative estimate of drug-likeness (QED) is 0.784. The van der Waals surface area contributed by atoms with Crippen molar-refractivity contribution in [2.24, 2.45) is 5.41 Å². The average molecular weight is 299 g/mol. The van der Waals surface area contributed by atoms with Crippen LogP contribution < -0.4 is 5.32 Å². The van der Waals surface area contributed by atoms with Crippen molar-refractivity contribution >= 4 is 17.9 Å². The molecule has 0 spiro atoms. The number of urea groups is 1. The molecule has 0 unspecified atom stereocenters. The van der Waals surface area contributed by atoms with Gasteiger partial charge >= 0.3 is 12.0 Å². The van der Waals surface area contributed by atoms with E-state index in [1.807, 2.05) is 6.92 Å². The van der Waals surface area contributed by atoms with E-state index in [0.717, 1.165) is 6.42 Å². The number of nitrogens with zero attached hydrogens (tertiary/aromatic N) is 2. The molecule has 2 N–H and O–H groups in total. The van der Waals surface area contributed by atoms with Crippen LogP contribution in [-0.2, 0) is 9.59 Å². The third-order valence-corrected chi connectivity index (χ3v) is 4.05. The van der Waals surface area contributed by atoms with Crippen LogP contribution in [0.4, 0.5) is 4.79 Å². The minimum absolute atomic E-state index is 0.0507. The molecule has 120 valence electrons. The third kappa shape index (κ3) is 4.34. The Labute approximate surface area is 125 Å². The molecule has 21 heavy (non-hydrogen) atoms. The van der Waals surface area contributed by atoms with Gasteiger partial charge in [0.1, 0.15) is 0 Å². The van der Waals surface area contributed by atoms with E-state index in [4.69, 9.17) is 0 Å². The first kappa shape index (κ1) is 17.3. The molecule has 0 aromatic rings. The van der Waals surface area contributed by atoms with Crippen LogP contribution in [0.15, 0.2) is 0 Å². The standard InChI is InChI=1S/C14H25N3O4/c1-4-5-14(12(19)20)6-8-17(9-7-14)11(18)10-15-13(21)16(2)3/h4-10H2,1-3H3,(H,15,21)(H,19,20). The van der Waals surface area contributed by atoms with Crippen molar-refractivity contribution in [3.05, 3.63) is 0 Å². The SMILES string of the molecule is CCCC1(C(=O)O)CCN(C(=O)CNC(=O)N(C)C)CC1. The minimum atomic E-state index is -0.766. The summed E-state index contributed by atoms with van der Waals surface area (Å²) in [6.45, 7) is 2.79. The number of carboxylic acid groups (broad SMARTS) is 1. The van der Waals surface area contributed by atoms with Crippen molar-refractivity contribution in [3.63, 3.8) is 0 Å². The first-order valence-electron chi connectivity index (χ1n) is 7.28. The molecule has 0 aromatic carbocycles. The lowest BCUT2D eigenvalue weighted by Gasteiger charge is -2.38. The summed E-state index contributed by atoms with van der Waals surface area (Å²) in [7, 11) is 3.21.